The van der Waals surface area contributed by atoms with E-state index >= 15 is 0 Å². The van der Waals surface area contributed by atoms with Gasteiger partial charge in [-0.15, -0.1) is 0 Å². The summed E-state index contributed by atoms with van der Waals surface area (Å²) < 4.78 is 7.07. The molecule has 0 unspecified atom stereocenters. The number of carbonyl (C=O) groups is 1. The molecule has 0 aliphatic heterocycles. The van der Waals surface area contributed by atoms with E-state index in [0.717, 1.165) is 0 Å². The summed E-state index contributed by atoms with van der Waals surface area (Å²) in [5.41, 5.74) is 1.04. The Balaban J connectivity index is 1.55. The Hall–Kier alpha value is -2.86. The predicted octanol–water partition coefficient (Wildman–Crippen LogP) is 2.98. The van der Waals surface area contributed by atoms with Crippen molar-refractivity contribution < 1.29 is 9.53 Å². The molecular weight excluding hydrogens is 366 g/mol. The second-order valence-corrected chi connectivity index (χ2v) is 6.58. The Morgan fingerprint density at radius 1 is 1.22 bits per heavy atom. The van der Waals surface area contributed by atoms with Crippen molar-refractivity contribution in [2.45, 2.75) is 13.0 Å². The number of para-hydroxylation sites is 2. The Kier molecular flexibility index (Phi) is 6.08. The molecule has 0 bridgehead atoms. The van der Waals surface area contributed by atoms with Crippen LogP contribution in [0, 0.1) is 0 Å². The molecule has 0 atom stereocenters. The number of nitrogens with zero attached hydrogens (tertiary/aromatic N) is 3. The van der Waals surface area contributed by atoms with Gasteiger partial charge >= 0.3 is 0 Å². The number of rotatable bonds is 7. The van der Waals surface area contributed by atoms with Crippen molar-refractivity contribution in [1.82, 2.24) is 14.5 Å². The van der Waals surface area contributed by atoms with Crippen LogP contribution in [0.25, 0.3) is 11.0 Å². The number of fused-ring (bicyclic) bond motifs is 1. The van der Waals surface area contributed by atoms with Crippen LogP contribution >= 0.6 is 11.6 Å². The second kappa shape index (κ2) is 8.68. The topological polar surface area (TPSA) is 64.4 Å². The minimum Gasteiger partial charge on any atom is -0.493 e. The molecule has 0 saturated heterocycles. The fraction of sp³-hybridized carbons (Fsp3) is 0.250. The zero-order chi connectivity index (χ0) is 19.2. The highest BCUT2D eigenvalue weighted by Gasteiger charge is 2.12. The maximum atomic E-state index is 12.5. The van der Waals surface area contributed by atoms with E-state index in [4.69, 9.17) is 16.3 Å². The van der Waals surface area contributed by atoms with E-state index in [1.54, 1.807) is 30.1 Å². The predicted molar refractivity (Wildman–Crippen MR) is 105 cm³/mol. The summed E-state index contributed by atoms with van der Waals surface area (Å²) >= 11 is 5.92. The summed E-state index contributed by atoms with van der Waals surface area (Å²) in [6, 6.07) is 14.5. The Morgan fingerprint density at radius 2 is 2.04 bits per heavy atom. The SMILES string of the molecule is CN(CCCOc1cccc(Cl)c1)C(=O)Cn1c(=O)cnc2ccccc21. The quantitative estimate of drug-likeness (QED) is 0.586. The van der Waals surface area contributed by atoms with Crippen LogP contribution in [0.1, 0.15) is 6.42 Å². The first-order valence-electron chi connectivity index (χ1n) is 8.61. The van der Waals surface area contributed by atoms with E-state index in [1.807, 2.05) is 30.3 Å². The molecule has 0 aliphatic rings. The number of likely N-dealkylation sites (N-methyl/N-ethyl adjacent to an activating group) is 1. The molecular formula is C20H20ClN3O3. The third-order valence-electron chi connectivity index (χ3n) is 4.17. The maximum absolute atomic E-state index is 12.5. The van der Waals surface area contributed by atoms with Crippen LogP contribution < -0.4 is 10.3 Å². The van der Waals surface area contributed by atoms with Crippen molar-refractivity contribution in [1.29, 1.82) is 0 Å². The standard InChI is InChI=1S/C20H20ClN3O3/c1-23(10-5-11-27-16-7-4-6-15(21)12-16)20(26)14-24-18-9-3-2-8-17(18)22-13-19(24)25/h2-4,6-9,12-13H,5,10-11,14H2,1H3. The number of hydrogen-bond acceptors (Lipinski definition) is 4. The summed E-state index contributed by atoms with van der Waals surface area (Å²) in [4.78, 5) is 30.3. The van der Waals surface area contributed by atoms with Crippen molar-refractivity contribution in [2.24, 2.45) is 0 Å². The summed E-state index contributed by atoms with van der Waals surface area (Å²) in [6.07, 6.45) is 1.91. The molecule has 1 aromatic heterocycles. The van der Waals surface area contributed by atoms with Gasteiger partial charge in [0.15, 0.2) is 0 Å². The van der Waals surface area contributed by atoms with Gasteiger partial charge in [0.2, 0.25) is 5.91 Å². The third kappa shape index (κ3) is 4.86. The number of amides is 1. The summed E-state index contributed by atoms with van der Waals surface area (Å²) in [7, 11) is 1.72. The average Bonchev–Trinajstić information content (AvgIpc) is 2.67. The highest BCUT2D eigenvalue weighted by molar-refractivity contribution is 6.30. The fourth-order valence-corrected chi connectivity index (χ4v) is 2.89. The van der Waals surface area contributed by atoms with Crippen molar-refractivity contribution >= 4 is 28.5 Å². The lowest BCUT2D eigenvalue weighted by Gasteiger charge is -2.18. The van der Waals surface area contributed by atoms with Crippen molar-refractivity contribution in [3.05, 3.63) is 70.1 Å². The first-order chi connectivity index (χ1) is 13.0. The van der Waals surface area contributed by atoms with Crippen molar-refractivity contribution in [3.63, 3.8) is 0 Å². The monoisotopic (exact) mass is 385 g/mol. The lowest BCUT2D eigenvalue weighted by molar-refractivity contribution is -0.130. The highest BCUT2D eigenvalue weighted by atomic mass is 35.5. The molecule has 27 heavy (non-hydrogen) atoms. The van der Waals surface area contributed by atoms with Crippen LogP contribution in [-0.2, 0) is 11.3 Å². The van der Waals surface area contributed by atoms with Gasteiger partial charge in [0.05, 0.1) is 23.8 Å². The zero-order valence-electron chi connectivity index (χ0n) is 15.0. The number of ether oxygens (including phenoxy) is 1. The molecule has 0 radical (unpaired) electrons. The van der Waals surface area contributed by atoms with Crippen molar-refractivity contribution in [3.8, 4) is 5.75 Å². The van der Waals surface area contributed by atoms with Gasteiger partial charge in [-0.1, -0.05) is 29.8 Å². The maximum Gasteiger partial charge on any atom is 0.269 e. The molecule has 3 rings (SSSR count). The zero-order valence-corrected chi connectivity index (χ0v) is 15.7. The highest BCUT2D eigenvalue weighted by Crippen LogP contribution is 2.17. The molecule has 0 fully saturated rings. The molecule has 140 valence electrons. The van der Waals surface area contributed by atoms with Gasteiger partial charge in [0.25, 0.3) is 5.56 Å². The van der Waals surface area contributed by atoms with E-state index in [-0.39, 0.29) is 18.0 Å². The van der Waals surface area contributed by atoms with Crippen LogP contribution in [0.5, 0.6) is 5.75 Å². The number of hydrogen-bond donors (Lipinski definition) is 0. The van der Waals surface area contributed by atoms with Gasteiger partial charge in [-0.2, -0.15) is 0 Å². The van der Waals surface area contributed by atoms with E-state index in [0.29, 0.717) is 41.4 Å². The molecule has 1 amide bonds. The first kappa shape index (κ1) is 18.9. The lowest BCUT2D eigenvalue weighted by Crippen LogP contribution is -2.35. The van der Waals surface area contributed by atoms with Gasteiger partial charge in [0.1, 0.15) is 12.3 Å². The van der Waals surface area contributed by atoms with E-state index in [9.17, 15) is 9.59 Å². The average molecular weight is 386 g/mol. The summed E-state index contributed by atoms with van der Waals surface area (Å²) in [5, 5.41) is 0.620. The fourth-order valence-electron chi connectivity index (χ4n) is 2.71. The largest absolute Gasteiger partial charge is 0.493 e. The number of benzene rings is 2. The van der Waals surface area contributed by atoms with Crippen LogP contribution in [0.3, 0.4) is 0 Å². The lowest BCUT2D eigenvalue weighted by atomic mass is 10.3. The molecule has 0 saturated carbocycles. The molecule has 1 heterocycles. The third-order valence-corrected chi connectivity index (χ3v) is 4.41. The van der Waals surface area contributed by atoms with Crippen LogP contribution in [0.15, 0.2) is 59.5 Å². The van der Waals surface area contributed by atoms with Crippen LogP contribution in [-0.4, -0.2) is 40.6 Å². The Labute approximate surface area is 162 Å². The molecule has 0 N–H and O–H groups in total. The molecule has 3 aromatic rings. The van der Waals surface area contributed by atoms with E-state index in [2.05, 4.69) is 4.98 Å². The first-order valence-corrected chi connectivity index (χ1v) is 8.99. The van der Waals surface area contributed by atoms with Gasteiger partial charge < -0.3 is 9.64 Å². The van der Waals surface area contributed by atoms with E-state index < -0.39 is 0 Å². The normalized spacial score (nSPS) is 10.7. The number of aromatic nitrogens is 2. The summed E-state index contributed by atoms with van der Waals surface area (Å²) in [6.45, 7) is 0.973. The molecule has 7 heteroatoms. The minimum absolute atomic E-state index is 0.0203. The molecule has 6 nitrogen and oxygen atoms in total. The number of carbonyl (C=O) groups excluding carboxylic acids is 1. The minimum atomic E-state index is -0.292. The number of halogens is 1. The van der Waals surface area contributed by atoms with Crippen LogP contribution in [0.4, 0.5) is 0 Å². The van der Waals surface area contributed by atoms with Crippen molar-refractivity contribution in [2.75, 3.05) is 20.2 Å². The van der Waals surface area contributed by atoms with Gasteiger partial charge in [-0.05, 0) is 36.8 Å². The van der Waals surface area contributed by atoms with E-state index in [1.165, 1.54) is 10.8 Å². The van der Waals surface area contributed by atoms with Gasteiger partial charge in [-0.3, -0.25) is 14.2 Å². The summed E-state index contributed by atoms with van der Waals surface area (Å²) in [5.74, 6) is 0.558. The van der Waals surface area contributed by atoms with Gasteiger partial charge in [0, 0.05) is 18.6 Å². The van der Waals surface area contributed by atoms with Gasteiger partial charge in [-0.25, -0.2) is 4.98 Å². The molecule has 2 aromatic carbocycles. The van der Waals surface area contributed by atoms with Crippen LogP contribution in [0.2, 0.25) is 5.02 Å². The molecule has 0 spiro atoms. The second-order valence-electron chi connectivity index (χ2n) is 6.15. The smallest absolute Gasteiger partial charge is 0.269 e. The Morgan fingerprint density at radius 3 is 2.85 bits per heavy atom. The Bertz CT molecular complexity index is 1000. The molecule has 0 aliphatic carbocycles.